The number of sulfone groups is 1. The second-order valence-corrected chi connectivity index (χ2v) is 11.6. The molecule has 0 saturated carbocycles. The molecule has 4 fully saturated rings. The van der Waals surface area contributed by atoms with Gasteiger partial charge in [0.1, 0.15) is 48.8 Å². The van der Waals surface area contributed by atoms with Crippen LogP contribution in [0.3, 0.4) is 0 Å². The van der Waals surface area contributed by atoms with E-state index in [-0.39, 0.29) is 13.2 Å². The monoisotopic (exact) mass is 542 g/mol. The topological polar surface area (TPSA) is 202 Å². The molecule has 4 heterocycles. The Morgan fingerprint density at radius 2 is 1.14 bits per heavy atom. The van der Waals surface area contributed by atoms with Crippen molar-refractivity contribution in [1.82, 2.24) is 10.6 Å². The third-order valence-electron chi connectivity index (χ3n) is 6.22. The Morgan fingerprint density at radius 3 is 1.46 bits per heavy atom. The number of hydrogen-bond acceptors (Lipinski definition) is 14. The first-order valence-electron chi connectivity index (χ1n) is 11.6. The van der Waals surface area contributed by atoms with Gasteiger partial charge in [-0.2, -0.15) is 10.5 Å². The maximum atomic E-state index is 13.1. The first-order valence-corrected chi connectivity index (χ1v) is 13.1. The molecule has 37 heavy (non-hydrogen) atoms. The summed E-state index contributed by atoms with van der Waals surface area (Å²) in [5.74, 6) is -1.88. The summed E-state index contributed by atoms with van der Waals surface area (Å²) in [4.78, 5) is -1.51. The molecule has 204 valence electrons. The molecule has 0 bridgehead atoms. The number of nitriles is 2. The van der Waals surface area contributed by atoms with E-state index in [2.05, 4.69) is 10.6 Å². The van der Waals surface area contributed by atoms with Crippen LogP contribution in [0, 0.1) is 22.7 Å². The summed E-state index contributed by atoms with van der Waals surface area (Å²) in [5, 5.41) is 43.7. The number of hydrogen-bond donors (Lipinski definition) is 4. The zero-order valence-electron chi connectivity index (χ0n) is 20.7. The summed E-state index contributed by atoms with van der Waals surface area (Å²) < 4.78 is 60.5. The van der Waals surface area contributed by atoms with Crippen LogP contribution in [0.2, 0.25) is 0 Å². The Labute approximate surface area is 214 Å². The Hall–Kier alpha value is -2.31. The number of nitrogens with one attached hydrogen (secondary N) is 2. The van der Waals surface area contributed by atoms with E-state index >= 15 is 0 Å². The minimum atomic E-state index is -4.55. The van der Waals surface area contributed by atoms with E-state index in [1.54, 1.807) is 39.8 Å². The molecule has 0 amide bonds. The van der Waals surface area contributed by atoms with Gasteiger partial charge < -0.3 is 49.3 Å². The van der Waals surface area contributed by atoms with Gasteiger partial charge in [0.15, 0.2) is 33.8 Å². The van der Waals surface area contributed by atoms with Crippen molar-refractivity contribution >= 4 is 9.84 Å². The first kappa shape index (κ1) is 27.7. The smallest absolute Gasteiger partial charge is 0.229 e. The lowest BCUT2D eigenvalue weighted by atomic mass is 10.1. The fourth-order valence-electron chi connectivity index (χ4n) is 4.70. The van der Waals surface area contributed by atoms with Gasteiger partial charge in [0.25, 0.3) is 0 Å². The highest BCUT2D eigenvalue weighted by atomic mass is 32.2. The summed E-state index contributed by atoms with van der Waals surface area (Å²) in [6, 6.07) is 3.16. The molecule has 0 radical (unpaired) electrons. The van der Waals surface area contributed by atoms with E-state index in [4.69, 9.17) is 28.4 Å². The Kier molecular flexibility index (Phi) is 7.57. The molecule has 8 atom stereocenters. The number of ether oxygens (including phenoxy) is 6. The van der Waals surface area contributed by atoms with Crippen molar-refractivity contribution in [2.45, 2.75) is 88.3 Å². The lowest BCUT2D eigenvalue weighted by Crippen LogP contribution is -2.39. The molecule has 0 spiro atoms. The molecule has 0 aromatic heterocycles. The molecule has 0 aliphatic carbocycles. The molecule has 0 aromatic carbocycles. The van der Waals surface area contributed by atoms with Gasteiger partial charge in [-0.3, -0.25) is 0 Å². The van der Waals surface area contributed by atoms with Crippen LogP contribution in [0.4, 0.5) is 0 Å². The molecule has 4 N–H and O–H groups in total. The van der Waals surface area contributed by atoms with Crippen LogP contribution in [-0.2, 0) is 38.3 Å². The summed E-state index contributed by atoms with van der Waals surface area (Å²) in [6.45, 7) is 6.06. The van der Waals surface area contributed by atoms with Crippen LogP contribution in [-0.4, -0.2) is 92.5 Å². The van der Waals surface area contributed by atoms with Gasteiger partial charge >= 0.3 is 0 Å². The van der Waals surface area contributed by atoms with Gasteiger partial charge in [-0.25, -0.2) is 8.42 Å². The summed E-state index contributed by atoms with van der Waals surface area (Å²) in [6.07, 6.45) is -4.00. The Balaban J connectivity index is 1.49. The second kappa shape index (κ2) is 10.1. The van der Waals surface area contributed by atoms with E-state index in [9.17, 15) is 29.2 Å². The SMILES string of the molecule is CC1(C)O[C@@H]2[C@H](O1)[C@@H](CO)O[C@H]2N/C=C(\C#N)S(=O)(=O)/C(C#N)=C/N[C@@H]1O[C@H](CO)[C@H]2OC(C)(C)O[C@H]21. The summed E-state index contributed by atoms with van der Waals surface area (Å²) in [5.41, 5.74) is 0. The zero-order valence-corrected chi connectivity index (χ0v) is 21.5. The highest BCUT2D eigenvalue weighted by molar-refractivity contribution is 7.99. The standard InChI is InChI=1S/C22H30N4O10S/c1-21(2)33-15-13(9-27)31-19(17(15)35-21)25-7-11(5-23)37(29,30)12(6-24)8-26-20-18-16(14(10-28)32-20)34-22(3,4)36-18/h7-8,13-20,25-28H,9-10H2,1-4H3/b11-7+,12-8+/t13-,14-,15-,16-,17-,18-,19-,20-/m1/s1. The molecule has 4 aliphatic heterocycles. The average Bonchev–Trinajstić information content (AvgIpc) is 3.51. The molecular formula is C22H30N4O10S. The summed E-state index contributed by atoms with van der Waals surface area (Å²) in [7, 11) is -4.55. The lowest BCUT2D eigenvalue weighted by molar-refractivity contribution is -0.192. The predicted octanol–water partition coefficient (Wildman–Crippen LogP) is -1.22. The quantitative estimate of drug-likeness (QED) is 0.266. The highest BCUT2D eigenvalue weighted by Gasteiger charge is 2.56. The van der Waals surface area contributed by atoms with Crippen LogP contribution < -0.4 is 10.6 Å². The number of aliphatic hydroxyl groups is 2. The van der Waals surface area contributed by atoms with Gasteiger partial charge in [0, 0.05) is 12.4 Å². The van der Waals surface area contributed by atoms with Crippen molar-refractivity contribution in [3.05, 3.63) is 22.2 Å². The Morgan fingerprint density at radius 1 is 0.784 bits per heavy atom. The van der Waals surface area contributed by atoms with Crippen molar-refractivity contribution in [2.24, 2.45) is 0 Å². The predicted molar refractivity (Wildman–Crippen MR) is 122 cm³/mol. The van der Waals surface area contributed by atoms with Crippen molar-refractivity contribution in [1.29, 1.82) is 10.5 Å². The van der Waals surface area contributed by atoms with E-state index in [1.165, 1.54) is 0 Å². The minimum absolute atomic E-state index is 0.354. The maximum absolute atomic E-state index is 13.1. The molecule has 4 rings (SSSR count). The van der Waals surface area contributed by atoms with Gasteiger partial charge in [0.2, 0.25) is 9.84 Å². The van der Waals surface area contributed by atoms with E-state index < -0.39 is 80.3 Å². The zero-order chi connectivity index (χ0) is 27.2. The van der Waals surface area contributed by atoms with Crippen LogP contribution in [0.15, 0.2) is 22.2 Å². The largest absolute Gasteiger partial charge is 0.394 e. The molecule has 0 unspecified atom stereocenters. The fourth-order valence-corrected chi connectivity index (χ4v) is 5.62. The number of rotatable bonds is 8. The molecule has 0 aromatic rings. The normalized spacial score (nSPS) is 38.5. The number of aliphatic hydroxyl groups excluding tert-OH is 2. The van der Waals surface area contributed by atoms with Crippen molar-refractivity contribution < 1.29 is 47.1 Å². The van der Waals surface area contributed by atoms with Gasteiger partial charge in [-0.1, -0.05) is 0 Å². The van der Waals surface area contributed by atoms with Crippen LogP contribution in [0.5, 0.6) is 0 Å². The van der Waals surface area contributed by atoms with Crippen LogP contribution >= 0.6 is 0 Å². The van der Waals surface area contributed by atoms with E-state index in [0.29, 0.717) is 0 Å². The minimum Gasteiger partial charge on any atom is -0.394 e. The average molecular weight is 543 g/mol. The second-order valence-electron chi connectivity index (χ2n) is 9.76. The fraction of sp³-hybridized carbons (Fsp3) is 0.727. The number of fused-ring (bicyclic) bond motifs is 2. The van der Waals surface area contributed by atoms with E-state index in [0.717, 1.165) is 12.4 Å². The van der Waals surface area contributed by atoms with Gasteiger partial charge in [-0.05, 0) is 27.7 Å². The van der Waals surface area contributed by atoms with Gasteiger partial charge in [0.05, 0.1) is 13.2 Å². The van der Waals surface area contributed by atoms with Crippen molar-refractivity contribution in [2.75, 3.05) is 13.2 Å². The molecule has 4 aliphatic rings. The van der Waals surface area contributed by atoms with Crippen LogP contribution in [0.1, 0.15) is 27.7 Å². The van der Waals surface area contributed by atoms with E-state index in [1.807, 2.05) is 0 Å². The van der Waals surface area contributed by atoms with Gasteiger partial charge in [-0.15, -0.1) is 0 Å². The third-order valence-corrected chi connectivity index (χ3v) is 7.79. The lowest BCUT2D eigenvalue weighted by Gasteiger charge is -2.23. The van der Waals surface area contributed by atoms with Crippen molar-refractivity contribution in [3.63, 3.8) is 0 Å². The van der Waals surface area contributed by atoms with Crippen molar-refractivity contribution in [3.8, 4) is 12.1 Å². The maximum Gasteiger partial charge on any atom is 0.229 e. The summed E-state index contributed by atoms with van der Waals surface area (Å²) >= 11 is 0. The molecular weight excluding hydrogens is 512 g/mol. The Bertz CT molecular complexity index is 1060. The molecule has 15 heteroatoms. The van der Waals surface area contributed by atoms with Crippen LogP contribution in [0.25, 0.3) is 0 Å². The highest BCUT2D eigenvalue weighted by Crippen LogP contribution is 2.39. The number of allylic oxidation sites excluding steroid dienone is 2. The molecule has 4 saturated heterocycles. The molecule has 14 nitrogen and oxygen atoms in total. The third kappa shape index (κ3) is 5.33. The number of nitrogens with zero attached hydrogens (tertiary/aromatic N) is 2. The first-order chi connectivity index (χ1) is 17.4.